The van der Waals surface area contributed by atoms with Gasteiger partial charge in [-0.3, -0.25) is 14.5 Å². The Hall–Kier alpha value is -1.82. The molecule has 2 unspecified atom stereocenters. The summed E-state index contributed by atoms with van der Waals surface area (Å²) in [6, 6.07) is 2.80. The van der Waals surface area contributed by atoms with Crippen molar-refractivity contribution in [1.29, 1.82) is 0 Å². The SMILES string of the molecule is CC(NC(=O)CN1CCCC1C(=O)O)c1ccco1. The summed E-state index contributed by atoms with van der Waals surface area (Å²) in [5.41, 5.74) is 0. The monoisotopic (exact) mass is 266 g/mol. The van der Waals surface area contributed by atoms with Gasteiger partial charge in [0.1, 0.15) is 11.8 Å². The number of carbonyl (C=O) groups is 2. The molecule has 6 nitrogen and oxygen atoms in total. The summed E-state index contributed by atoms with van der Waals surface area (Å²) in [7, 11) is 0. The number of amides is 1. The van der Waals surface area contributed by atoms with Crippen LogP contribution in [0.1, 0.15) is 31.6 Å². The third-order valence-electron chi connectivity index (χ3n) is 3.34. The Balaban J connectivity index is 1.86. The molecule has 0 radical (unpaired) electrons. The van der Waals surface area contributed by atoms with E-state index in [1.165, 1.54) is 0 Å². The Kier molecular flexibility index (Phi) is 4.21. The van der Waals surface area contributed by atoms with Crippen LogP contribution in [-0.4, -0.2) is 41.0 Å². The summed E-state index contributed by atoms with van der Waals surface area (Å²) in [6.07, 6.45) is 2.98. The lowest BCUT2D eigenvalue weighted by molar-refractivity contribution is -0.142. The van der Waals surface area contributed by atoms with Crippen LogP contribution < -0.4 is 5.32 Å². The third kappa shape index (κ3) is 3.35. The molecule has 2 N–H and O–H groups in total. The first-order valence-electron chi connectivity index (χ1n) is 6.37. The lowest BCUT2D eigenvalue weighted by atomic mass is 10.2. The number of furan rings is 1. The molecule has 1 amide bonds. The first kappa shape index (κ1) is 13.6. The molecular formula is C13H18N2O4. The average Bonchev–Trinajstić information content (AvgIpc) is 2.98. The van der Waals surface area contributed by atoms with Crippen LogP contribution in [0.2, 0.25) is 0 Å². The van der Waals surface area contributed by atoms with Gasteiger partial charge in [-0.1, -0.05) is 0 Å². The molecule has 1 aromatic heterocycles. The number of hydrogen-bond donors (Lipinski definition) is 2. The topological polar surface area (TPSA) is 82.8 Å². The molecule has 0 bridgehead atoms. The largest absolute Gasteiger partial charge is 0.480 e. The van der Waals surface area contributed by atoms with Gasteiger partial charge >= 0.3 is 5.97 Å². The predicted octanol–water partition coefficient (Wildman–Crippen LogP) is 1.01. The highest BCUT2D eigenvalue weighted by Gasteiger charge is 2.31. The van der Waals surface area contributed by atoms with Crippen LogP contribution in [0.3, 0.4) is 0 Å². The minimum absolute atomic E-state index is 0.113. The van der Waals surface area contributed by atoms with Gasteiger partial charge < -0.3 is 14.8 Å². The van der Waals surface area contributed by atoms with Crippen molar-refractivity contribution in [2.45, 2.75) is 31.8 Å². The third-order valence-corrected chi connectivity index (χ3v) is 3.34. The number of carbonyl (C=O) groups excluding carboxylic acids is 1. The molecule has 0 saturated carbocycles. The normalized spacial score (nSPS) is 21.2. The molecule has 2 heterocycles. The number of nitrogens with one attached hydrogen (secondary N) is 1. The van der Waals surface area contributed by atoms with Crippen molar-refractivity contribution in [3.8, 4) is 0 Å². The summed E-state index contributed by atoms with van der Waals surface area (Å²) in [6.45, 7) is 2.59. The van der Waals surface area contributed by atoms with Crippen LogP contribution in [-0.2, 0) is 9.59 Å². The second-order valence-corrected chi connectivity index (χ2v) is 4.77. The number of aliphatic carboxylic acids is 1. The zero-order valence-corrected chi connectivity index (χ0v) is 10.8. The minimum atomic E-state index is -0.857. The first-order chi connectivity index (χ1) is 9.08. The fourth-order valence-corrected chi connectivity index (χ4v) is 2.38. The van der Waals surface area contributed by atoms with E-state index < -0.39 is 12.0 Å². The Morgan fingerprint density at radius 2 is 2.42 bits per heavy atom. The van der Waals surface area contributed by atoms with Gasteiger partial charge in [0.05, 0.1) is 18.8 Å². The molecule has 0 aromatic carbocycles. The van der Waals surface area contributed by atoms with Crippen LogP contribution in [0.5, 0.6) is 0 Å². The van der Waals surface area contributed by atoms with Crippen molar-refractivity contribution in [2.75, 3.05) is 13.1 Å². The second kappa shape index (κ2) is 5.88. The highest BCUT2D eigenvalue weighted by Crippen LogP contribution is 2.17. The molecule has 1 aromatic rings. The zero-order chi connectivity index (χ0) is 13.8. The van der Waals surface area contributed by atoms with E-state index in [0.717, 1.165) is 6.42 Å². The molecule has 0 aliphatic carbocycles. The van der Waals surface area contributed by atoms with E-state index in [1.54, 1.807) is 23.3 Å². The standard InChI is InChI=1S/C13H18N2O4/c1-9(11-5-3-7-19-11)14-12(16)8-15-6-2-4-10(15)13(17)18/h3,5,7,9-10H,2,4,6,8H2,1H3,(H,14,16)(H,17,18). The summed E-state index contributed by atoms with van der Waals surface area (Å²) in [5, 5.41) is 11.8. The van der Waals surface area contributed by atoms with Crippen LogP contribution in [0.4, 0.5) is 0 Å². The van der Waals surface area contributed by atoms with Crippen molar-refractivity contribution >= 4 is 11.9 Å². The average molecular weight is 266 g/mol. The van der Waals surface area contributed by atoms with Crippen molar-refractivity contribution in [1.82, 2.24) is 10.2 Å². The first-order valence-corrected chi connectivity index (χ1v) is 6.37. The fraction of sp³-hybridized carbons (Fsp3) is 0.538. The van der Waals surface area contributed by atoms with E-state index in [4.69, 9.17) is 9.52 Å². The number of hydrogen-bond acceptors (Lipinski definition) is 4. The maximum Gasteiger partial charge on any atom is 0.320 e. The number of likely N-dealkylation sites (tertiary alicyclic amines) is 1. The smallest absolute Gasteiger partial charge is 0.320 e. The summed E-state index contributed by atoms with van der Waals surface area (Å²) < 4.78 is 5.20. The van der Waals surface area contributed by atoms with E-state index in [1.807, 2.05) is 6.92 Å². The Morgan fingerprint density at radius 1 is 1.63 bits per heavy atom. The molecule has 19 heavy (non-hydrogen) atoms. The van der Waals surface area contributed by atoms with Crippen LogP contribution in [0.15, 0.2) is 22.8 Å². The molecule has 1 saturated heterocycles. The lowest BCUT2D eigenvalue weighted by Crippen LogP contribution is -2.43. The van der Waals surface area contributed by atoms with E-state index >= 15 is 0 Å². The molecule has 1 aliphatic rings. The number of carboxylic acids is 1. The van der Waals surface area contributed by atoms with Crippen molar-refractivity contribution in [3.05, 3.63) is 24.2 Å². The molecule has 1 fully saturated rings. The minimum Gasteiger partial charge on any atom is -0.480 e. The van der Waals surface area contributed by atoms with E-state index in [9.17, 15) is 9.59 Å². The van der Waals surface area contributed by atoms with Crippen molar-refractivity contribution in [2.24, 2.45) is 0 Å². The Bertz CT molecular complexity index is 444. The van der Waals surface area contributed by atoms with E-state index in [0.29, 0.717) is 18.7 Å². The fourth-order valence-electron chi connectivity index (χ4n) is 2.38. The number of carboxylic acid groups (broad SMARTS) is 1. The van der Waals surface area contributed by atoms with Gasteiger partial charge in [0.25, 0.3) is 0 Å². The molecule has 2 rings (SSSR count). The maximum atomic E-state index is 11.9. The highest BCUT2D eigenvalue weighted by atomic mass is 16.4. The highest BCUT2D eigenvalue weighted by molar-refractivity contribution is 5.80. The molecule has 104 valence electrons. The second-order valence-electron chi connectivity index (χ2n) is 4.77. The molecule has 1 aliphatic heterocycles. The molecule has 6 heteroatoms. The van der Waals surface area contributed by atoms with Crippen molar-refractivity contribution in [3.63, 3.8) is 0 Å². The number of nitrogens with zero attached hydrogens (tertiary/aromatic N) is 1. The summed E-state index contributed by atoms with van der Waals surface area (Å²) in [4.78, 5) is 24.6. The number of rotatable bonds is 5. The van der Waals surface area contributed by atoms with Crippen LogP contribution >= 0.6 is 0 Å². The molecule has 2 atom stereocenters. The van der Waals surface area contributed by atoms with Crippen LogP contribution in [0, 0.1) is 0 Å². The molecule has 0 spiro atoms. The van der Waals surface area contributed by atoms with Crippen molar-refractivity contribution < 1.29 is 19.1 Å². The van der Waals surface area contributed by atoms with E-state index in [2.05, 4.69) is 5.32 Å². The van der Waals surface area contributed by atoms with Gasteiger partial charge in [0.2, 0.25) is 5.91 Å². The van der Waals surface area contributed by atoms with Gasteiger partial charge in [0, 0.05) is 0 Å². The summed E-state index contributed by atoms with van der Waals surface area (Å²) in [5.74, 6) is -0.356. The van der Waals surface area contributed by atoms with E-state index in [-0.39, 0.29) is 18.5 Å². The van der Waals surface area contributed by atoms with Gasteiger partial charge in [-0.05, 0) is 38.4 Å². The summed E-state index contributed by atoms with van der Waals surface area (Å²) >= 11 is 0. The maximum absolute atomic E-state index is 11.9. The quantitative estimate of drug-likeness (QED) is 0.831. The Labute approximate surface area is 111 Å². The molecular weight excluding hydrogens is 248 g/mol. The lowest BCUT2D eigenvalue weighted by Gasteiger charge is -2.21. The van der Waals surface area contributed by atoms with Gasteiger partial charge in [0.15, 0.2) is 0 Å². The van der Waals surface area contributed by atoms with Gasteiger partial charge in [-0.25, -0.2) is 0 Å². The van der Waals surface area contributed by atoms with Gasteiger partial charge in [-0.2, -0.15) is 0 Å². The van der Waals surface area contributed by atoms with Crippen LogP contribution in [0.25, 0.3) is 0 Å². The predicted molar refractivity (Wildman–Crippen MR) is 67.5 cm³/mol. The zero-order valence-electron chi connectivity index (χ0n) is 10.8. The Morgan fingerprint density at radius 3 is 3.05 bits per heavy atom. The van der Waals surface area contributed by atoms with Gasteiger partial charge in [-0.15, -0.1) is 0 Å².